The molecule has 0 heteroatoms. The first kappa shape index (κ1) is 8.52. The summed E-state index contributed by atoms with van der Waals surface area (Å²) in [5.41, 5.74) is 0. The van der Waals surface area contributed by atoms with Crippen LogP contribution >= 0.6 is 0 Å². The fraction of sp³-hybridized carbons (Fsp3) is 0. The first-order valence-electron chi connectivity index (χ1n) is 2.99. The van der Waals surface area contributed by atoms with Crippen LogP contribution in [-0.2, 0) is 0 Å². The van der Waals surface area contributed by atoms with E-state index in [4.69, 9.17) is 0 Å². The third-order valence-corrected chi connectivity index (χ3v) is 0.785. The Balaban J connectivity index is 0.000000180. The maximum absolute atomic E-state index is 4.66. The second kappa shape index (κ2) is 7.52. The van der Waals surface area contributed by atoms with Crippen LogP contribution < -0.4 is 0 Å². The molecule has 0 heterocycles. The lowest BCUT2D eigenvalue weighted by Gasteiger charge is -1.69. The van der Waals surface area contributed by atoms with Gasteiger partial charge in [-0.05, 0) is 6.08 Å². The second-order valence-corrected chi connectivity index (χ2v) is 1.53. The molecule has 0 radical (unpaired) electrons. The van der Waals surface area contributed by atoms with E-state index in [1.807, 2.05) is 36.4 Å². The first-order chi connectivity index (χ1) is 4.91. The highest BCUT2D eigenvalue weighted by Crippen LogP contribution is 1.79. The summed E-state index contributed by atoms with van der Waals surface area (Å²) < 4.78 is 0. The number of terminal acetylenes is 1. The van der Waals surface area contributed by atoms with Gasteiger partial charge in [0.2, 0.25) is 0 Å². The van der Waals surface area contributed by atoms with Gasteiger partial charge in [-0.25, -0.2) is 0 Å². The molecule has 0 spiro atoms. The summed E-state index contributed by atoms with van der Waals surface area (Å²) in [6, 6.07) is 12.0. The predicted octanol–water partition coefficient (Wildman–Crippen LogP) is 2.49. The van der Waals surface area contributed by atoms with E-state index in [2.05, 4.69) is 18.9 Å². The van der Waals surface area contributed by atoms with Gasteiger partial charge in [0, 0.05) is 0 Å². The van der Waals surface area contributed by atoms with Crippen molar-refractivity contribution in [1.29, 1.82) is 0 Å². The summed E-state index contributed by atoms with van der Waals surface area (Å²) in [6.45, 7) is 3.24. The zero-order valence-electron chi connectivity index (χ0n) is 5.83. The number of hydrogen-bond donors (Lipinski definition) is 0. The number of allylic oxidation sites excluding steroid dienone is 1. The van der Waals surface area contributed by atoms with Crippen molar-refractivity contribution in [3.63, 3.8) is 0 Å². The molecule has 0 saturated heterocycles. The molecule has 0 bridgehead atoms. The van der Waals surface area contributed by atoms with Crippen molar-refractivity contribution in [2.75, 3.05) is 0 Å². The SMILES string of the molecule is C#CC=C.c1ccccc1. The Hall–Kier alpha value is -1.48. The largest absolute Gasteiger partial charge is 0.115 e. The van der Waals surface area contributed by atoms with Crippen molar-refractivity contribution < 1.29 is 0 Å². The van der Waals surface area contributed by atoms with Crippen molar-refractivity contribution in [2.45, 2.75) is 0 Å². The number of benzene rings is 1. The second-order valence-electron chi connectivity index (χ2n) is 1.53. The van der Waals surface area contributed by atoms with Crippen LogP contribution in [0.1, 0.15) is 0 Å². The summed E-state index contributed by atoms with van der Waals surface area (Å²) in [4.78, 5) is 0. The van der Waals surface area contributed by atoms with Crippen LogP contribution in [-0.4, -0.2) is 0 Å². The fourth-order valence-corrected chi connectivity index (χ4v) is 0.385. The summed E-state index contributed by atoms with van der Waals surface area (Å²) in [5.74, 6) is 2.19. The lowest BCUT2D eigenvalue weighted by atomic mass is 10.4. The molecule has 0 saturated carbocycles. The van der Waals surface area contributed by atoms with Gasteiger partial charge in [-0.15, -0.1) is 6.42 Å². The van der Waals surface area contributed by atoms with Crippen LogP contribution in [0.3, 0.4) is 0 Å². The third kappa shape index (κ3) is 6.52. The normalized spacial score (nSPS) is 6.30. The summed E-state index contributed by atoms with van der Waals surface area (Å²) in [7, 11) is 0. The summed E-state index contributed by atoms with van der Waals surface area (Å²) in [6.07, 6.45) is 6.06. The molecule has 0 atom stereocenters. The molecule has 1 aromatic rings. The van der Waals surface area contributed by atoms with Gasteiger partial charge < -0.3 is 0 Å². The Bertz CT molecular complexity index is 164. The lowest BCUT2D eigenvalue weighted by Crippen LogP contribution is -1.47. The maximum Gasteiger partial charge on any atom is -0.0194 e. The van der Waals surface area contributed by atoms with Crippen molar-refractivity contribution in [3.05, 3.63) is 49.1 Å². The molecule has 10 heavy (non-hydrogen) atoms. The zero-order valence-corrected chi connectivity index (χ0v) is 5.83. The van der Waals surface area contributed by atoms with E-state index in [0.717, 1.165) is 0 Å². The van der Waals surface area contributed by atoms with Gasteiger partial charge in [-0.3, -0.25) is 0 Å². The smallest absolute Gasteiger partial charge is 0.0194 e. The molecule has 0 nitrogen and oxygen atoms in total. The van der Waals surface area contributed by atoms with E-state index in [0.29, 0.717) is 0 Å². The van der Waals surface area contributed by atoms with Crippen molar-refractivity contribution in [3.8, 4) is 12.3 Å². The molecule has 0 unspecified atom stereocenters. The van der Waals surface area contributed by atoms with Crippen LogP contribution in [0.2, 0.25) is 0 Å². The minimum absolute atomic E-state index is 1.40. The Morgan fingerprint density at radius 1 is 1.00 bits per heavy atom. The molecule has 0 aromatic heterocycles. The van der Waals surface area contributed by atoms with Crippen molar-refractivity contribution >= 4 is 0 Å². The van der Waals surface area contributed by atoms with Gasteiger partial charge in [-0.1, -0.05) is 48.9 Å². The van der Waals surface area contributed by atoms with E-state index in [1.165, 1.54) is 6.08 Å². The Morgan fingerprint density at radius 3 is 1.30 bits per heavy atom. The maximum atomic E-state index is 4.66. The number of hydrogen-bond acceptors (Lipinski definition) is 0. The quantitative estimate of drug-likeness (QED) is 0.473. The Morgan fingerprint density at radius 2 is 1.20 bits per heavy atom. The van der Waals surface area contributed by atoms with Gasteiger partial charge in [0.05, 0.1) is 0 Å². The Labute approximate surface area is 62.2 Å². The van der Waals surface area contributed by atoms with Crippen LogP contribution in [0.25, 0.3) is 0 Å². The van der Waals surface area contributed by atoms with Crippen molar-refractivity contribution in [1.82, 2.24) is 0 Å². The fourth-order valence-electron chi connectivity index (χ4n) is 0.385. The van der Waals surface area contributed by atoms with E-state index in [-0.39, 0.29) is 0 Å². The summed E-state index contributed by atoms with van der Waals surface area (Å²) in [5, 5.41) is 0. The Kier molecular flexibility index (Phi) is 6.41. The third-order valence-electron chi connectivity index (χ3n) is 0.785. The number of rotatable bonds is 0. The highest BCUT2D eigenvalue weighted by atomic mass is 13.6. The summed E-state index contributed by atoms with van der Waals surface area (Å²) >= 11 is 0. The van der Waals surface area contributed by atoms with Gasteiger partial charge in [0.25, 0.3) is 0 Å². The molecular weight excluding hydrogens is 120 g/mol. The molecule has 1 aromatic carbocycles. The minimum atomic E-state index is 1.40. The van der Waals surface area contributed by atoms with Crippen LogP contribution in [0.15, 0.2) is 49.1 Å². The average Bonchev–Trinajstić information content (AvgIpc) is 2.08. The molecule has 0 aliphatic carbocycles. The molecule has 0 aliphatic rings. The molecule has 0 amide bonds. The van der Waals surface area contributed by atoms with Gasteiger partial charge in [0.15, 0.2) is 0 Å². The lowest BCUT2D eigenvalue weighted by molar-refractivity contribution is 1.72. The average molecular weight is 130 g/mol. The van der Waals surface area contributed by atoms with Crippen LogP contribution in [0.4, 0.5) is 0 Å². The highest BCUT2D eigenvalue weighted by Gasteiger charge is 1.57. The molecule has 0 fully saturated rings. The molecule has 0 aliphatic heterocycles. The zero-order chi connectivity index (χ0) is 7.66. The molecule has 50 valence electrons. The predicted molar refractivity (Wildman–Crippen MR) is 45.5 cm³/mol. The minimum Gasteiger partial charge on any atom is -0.115 e. The van der Waals surface area contributed by atoms with E-state index >= 15 is 0 Å². The molecule has 0 N–H and O–H groups in total. The van der Waals surface area contributed by atoms with E-state index < -0.39 is 0 Å². The van der Waals surface area contributed by atoms with Crippen molar-refractivity contribution in [2.24, 2.45) is 0 Å². The van der Waals surface area contributed by atoms with Crippen LogP contribution in [0.5, 0.6) is 0 Å². The van der Waals surface area contributed by atoms with Gasteiger partial charge in [0.1, 0.15) is 0 Å². The topological polar surface area (TPSA) is 0 Å². The van der Waals surface area contributed by atoms with Gasteiger partial charge in [-0.2, -0.15) is 0 Å². The standard InChI is InChI=1S/C6H6.C4H4/c1-2-4-6-5-3-1;1-3-4-2/h1-6H;1,4H,2H2. The van der Waals surface area contributed by atoms with E-state index in [9.17, 15) is 0 Å². The molecule has 1 rings (SSSR count). The van der Waals surface area contributed by atoms with Crippen LogP contribution in [0, 0.1) is 12.3 Å². The highest BCUT2D eigenvalue weighted by molar-refractivity contribution is 5.03. The first-order valence-corrected chi connectivity index (χ1v) is 2.99. The van der Waals surface area contributed by atoms with Gasteiger partial charge >= 0.3 is 0 Å². The molecular formula is C10H10. The monoisotopic (exact) mass is 130 g/mol. The van der Waals surface area contributed by atoms with E-state index in [1.54, 1.807) is 0 Å².